The van der Waals surface area contributed by atoms with Crippen molar-refractivity contribution >= 4 is 5.69 Å². The summed E-state index contributed by atoms with van der Waals surface area (Å²) in [6.45, 7) is 5.89. The SMILES string of the molecule is Cc1cnc2c(c1C)NCCCO2. The van der Waals surface area contributed by atoms with E-state index in [1.54, 1.807) is 0 Å². The molecule has 3 nitrogen and oxygen atoms in total. The van der Waals surface area contributed by atoms with Crippen LogP contribution in [0.3, 0.4) is 0 Å². The van der Waals surface area contributed by atoms with E-state index in [1.807, 2.05) is 6.20 Å². The van der Waals surface area contributed by atoms with Gasteiger partial charge in [0, 0.05) is 12.7 Å². The Balaban J connectivity index is 2.48. The largest absolute Gasteiger partial charge is 0.476 e. The molecule has 1 aromatic rings. The molecule has 0 saturated heterocycles. The number of nitrogens with one attached hydrogen (secondary N) is 1. The van der Waals surface area contributed by atoms with Crippen LogP contribution in [0.15, 0.2) is 6.20 Å². The molecule has 1 aromatic heterocycles. The molecule has 2 heterocycles. The minimum Gasteiger partial charge on any atom is -0.476 e. The molecular formula is C10H14N2O. The number of aryl methyl sites for hydroxylation is 1. The maximum Gasteiger partial charge on any atom is 0.237 e. The number of aromatic nitrogens is 1. The number of nitrogens with zero attached hydrogens (tertiary/aromatic N) is 1. The fourth-order valence-electron chi connectivity index (χ4n) is 1.45. The zero-order valence-corrected chi connectivity index (χ0v) is 8.05. The predicted molar refractivity (Wildman–Crippen MR) is 52.3 cm³/mol. The zero-order valence-electron chi connectivity index (χ0n) is 8.05. The summed E-state index contributed by atoms with van der Waals surface area (Å²) in [7, 11) is 0. The molecule has 0 atom stereocenters. The van der Waals surface area contributed by atoms with Gasteiger partial charge in [0.2, 0.25) is 5.88 Å². The molecule has 0 saturated carbocycles. The number of hydrogen-bond acceptors (Lipinski definition) is 3. The Kier molecular flexibility index (Phi) is 2.08. The van der Waals surface area contributed by atoms with E-state index in [0.29, 0.717) is 0 Å². The molecule has 1 aliphatic rings. The number of rotatable bonds is 0. The van der Waals surface area contributed by atoms with Gasteiger partial charge < -0.3 is 10.1 Å². The minimum atomic E-state index is 0.751. The van der Waals surface area contributed by atoms with Crippen molar-refractivity contribution in [1.29, 1.82) is 0 Å². The zero-order chi connectivity index (χ0) is 9.26. The molecule has 2 rings (SSSR count). The summed E-state index contributed by atoms with van der Waals surface area (Å²) in [6.07, 6.45) is 2.90. The normalized spacial score (nSPS) is 15.2. The first-order valence-electron chi connectivity index (χ1n) is 4.62. The Labute approximate surface area is 78.1 Å². The van der Waals surface area contributed by atoms with Gasteiger partial charge in [0.1, 0.15) is 5.69 Å². The minimum absolute atomic E-state index is 0.751. The maximum atomic E-state index is 5.51. The van der Waals surface area contributed by atoms with Gasteiger partial charge in [-0.15, -0.1) is 0 Å². The summed E-state index contributed by atoms with van der Waals surface area (Å²) in [6, 6.07) is 0. The van der Waals surface area contributed by atoms with Gasteiger partial charge in [-0.3, -0.25) is 0 Å². The van der Waals surface area contributed by atoms with E-state index < -0.39 is 0 Å². The molecule has 0 radical (unpaired) electrons. The summed E-state index contributed by atoms with van der Waals surface area (Å²) in [5.41, 5.74) is 3.51. The topological polar surface area (TPSA) is 34.2 Å². The van der Waals surface area contributed by atoms with Crippen molar-refractivity contribution in [2.45, 2.75) is 20.3 Å². The third-order valence-electron chi connectivity index (χ3n) is 2.42. The summed E-state index contributed by atoms with van der Waals surface area (Å²) in [4.78, 5) is 4.25. The van der Waals surface area contributed by atoms with Gasteiger partial charge >= 0.3 is 0 Å². The van der Waals surface area contributed by atoms with E-state index in [0.717, 1.165) is 31.1 Å². The number of hydrogen-bond donors (Lipinski definition) is 1. The van der Waals surface area contributed by atoms with Crippen LogP contribution in [0.5, 0.6) is 5.88 Å². The second-order valence-corrected chi connectivity index (χ2v) is 3.38. The highest BCUT2D eigenvalue weighted by atomic mass is 16.5. The maximum absolute atomic E-state index is 5.51. The molecule has 0 fully saturated rings. The second-order valence-electron chi connectivity index (χ2n) is 3.38. The first-order valence-corrected chi connectivity index (χ1v) is 4.62. The standard InChI is InChI=1S/C10H14N2O/c1-7-6-12-10-9(8(7)2)11-4-3-5-13-10/h6,11H,3-5H2,1-2H3. The van der Waals surface area contributed by atoms with E-state index in [4.69, 9.17) is 4.74 Å². The van der Waals surface area contributed by atoms with Crippen molar-refractivity contribution < 1.29 is 4.74 Å². The molecule has 1 N–H and O–H groups in total. The summed E-state index contributed by atoms with van der Waals surface area (Å²) in [5, 5.41) is 3.35. The van der Waals surface area contributed by atoms with Crippen molar-refractivity contribution in [3.05, 3.63) is 17.3 Å². The van der Waals surface area contributed by atoms with Crippen LogP contribution in [-0.4, -0.2) is 18.1 Å². The molecule has 1 aliphatic heterocycles. The van der Waals surface area contributed by atoms with E-state index >= 15 is 0 Å². The van der Waals surface area contributed by atoms with Crippen LogP contribution in [0.2, 0.25) is 0 Å². The van der Waals surface area contributed by atoms with Gasteiger partial charge in [0.25, 0.3) is 0 Å². The Morgan fingerprint density at radius 1 is 1.46 bits per heavy atom. The fraction of sp³-hybridized carbons (Fsp3) is 0.500. The van der Waals surface area contributed by atoms with Crippen LogP contribution < -0.4 is 10.1 Å². The second kappa shape index (κ2) is 3.24. The average Bonchev–Trinajstić information content (AvgIpc) is 2.36. The Morgan fingerprint density at radius 3 is 3.15 bits per heavy atom. The highest BCUT2D eigenvalue weighted by Crippen LogP contribution is 2.29. The van der Waals surface area contributed by atoms with Crippen LogP contribution >= 0.6 is 0 Å². The predicted octanol–water partition coefficient (Wildman–Crippen LogP) is 1.89. The lowest BCUT2D eigenvalue weighted by Crippen LogP contribution is -2.02. The molecule has 70 valence electrons. The van der Waals surface area contributed by atoms with Crippen molar-refractivity contribution in [1.82, 2.24) is 4.98 Å². The highest BCUT2D eigenvalue weighted by molar-refractivity contribution is 5.60. The van der Waals surface area contributed by atoms with Crippen molar-refractivity contribution in [2.24, 2.45) is 0 Å². The molecule has 13 heavy (non-hydrogen) atoms. The molecule has 0 unspecified atom stereocenters. The smallest absolute Gasteiger partial charge is 0.237 e. The van der Waals surface area contributed by atoms with Crippen LogP contribution in [0.25, 0.3) is 0 Å². The third-order valence-corrected chi connectivity index (χ3v) is 2.42. The van der Waals surface area contributed by atoms with Crippen molar-refractivity contribution in [2.75, 3.05) is 18.5 Å². The number of ether oxygens (including phenoxy) is 1. The van der Waals surface area contributed by atoms with Gasteiger partial charge in [-0.25, -0.2) is 4.98 Å². The first kappa shape index (κ1) is 8.35. The number of fused-ring (bicyclic) bond motifs is 1. The highest BCUT2D eigenvalue weighted by Gasteiger charge is 2.12. The van der Waals surface area contributed by atoms with E-state index in [1.165, 1.54) is 11.1 Å². The third kappa shape index (κ3) is 1.46. The summed E-state index contributed by atoms with van der Waals surface area (Å²) >= 11 is 0. The molecule has 0 bridgehead atoms. The fourth-order valence-corrected chi connectivity index (χ4v) is 1.45. The molecule has 0 aliphatic carbocycles. The lowest BCUT2D eigenvalue weighted by Gasteiger charge is -2.11. The molecule has 0 spiro atoms. The van der Waals surface area contributed by atoms with Gasteiger partial charge in [-0.05, 0) is 31.4 Å². The van der Waals surface area contributed by atoms with Crippen LogP contribution in [-0.2, 0) is 0 Å². The average molecular weight is 178 g/mol. The van der Waals surface area contributed by atoms with Crippen LogP contribution in [0.4, 0.5) is 5.69 Å². The van der Waals surface area contributed by atoms with Crippen LogP contribution in [0, 0.1) is 13.8 Å². The Bertz CT molecular complexity index is 323. The van der Waals surface area contributed by atoms with Gasteiger partial charge in [0.05, 0.1) is 6.61 Å². The van der Waals surface area contributed by atoms with E-state index in [-0.39, 0.29) is 0 Å². The molecule has 3 heteroatoms. The lowest BCUT2D eigenvalue weighted by atomic mass is 10.1. The quantitative estimate of drug-likeness (QED) is 0.658. The van der Waals surface area contributed by atoms with E-state index in [9.17, 15) is 0 Å². The van der Waals surface area contributed by atoms with E-state index in [2.05, 4.69) is 24.1 Å². The number of pyridine rings is 1. The molecular weight excluding hydrogens is 164 g/mol. The van der Waals surface area contributed by atoms with Crippen LogP contribution in [0.1, 0.15) is 17.5 Å². The Hall–Kier alpha value is -1.25. The Morgan fingerprint density at radius 2 is 2.31 bits per heavy atom. The van der Waals surface area contributed by atoms with Gasteiger partial charge in [-0.2, -0.15) is 0 Å². The monoisotopic (exact) mass is 178 g/mol. The summed E-state index contributed by atoms with van der Waals surface area (Å²) in [5.74, 6) is 0.751. The number of anilines is 1. The first-order chi connectivity index (χ1) is 6.29. The lowest BCUT2D eigenvalue weighted by molar-refractivity contribution is 0.311. The van der Waals surface area contributed by atoms with Crippen molar-refractivity contribution in [3.8, 4) is 5.88 Å². The summed E-state index contributed by atoms with van der Waals surface area (Å²) < 4.78 is 5.51. The molecule has 0 amide bonds. The van der Waals surface area contributed by atoms with Crippen molar-refractivity contribution in [3.63, 3.8) is 0 Å². The molecule has 0 aromatic carbocycles. The van der Waals surface area contributed by atoms with Gasteiger partial charge in [0.15, 0.2) is 0 Å². The van der Waals surface area contributed by atoms with Gasteiger partial charge in [-0.1, -0.05) is 0 Å².